The van der Waals surface area contributed by atoms with Crippen molar-refractivity contribution in [2.75, 3.05) is 12.8 Å². The lowest BCUT2D eigenvalue weighted by atomic mass is 10.2. The highest BCUT2D eigenvalue weighted by molar-refractivity contribution is 5.88. The Morgan fingerprint density at radius 1 is 1.15 bits per heavy atom. The first-order valence-electron chi connectivity index (χ1n) is 6.14. The van der Waals surface area contributed by atoms with Crippen LogP contribution in [0.5, 0.6) is 0 Å². The highest BCUT2D eigenvalue weighted by atomic mass is 16.5. The van der Waals surface area contributed by atoms with E-state index in [2.05, 4.69) is 9.72 Å². The molecule has 20 heavy (non-hydrogen) atoms. The second kappa shape index (κ2) is 6.68. The minimum atomic E-state index is -0.396. The molecule has 0 spiro atoms. The number of carbonyl (C=O) groups is 1. The third-order valence-corrected chi connectivity index (χ3v) is 2.74. The molecule has 5 heteroatoms. The van der Waals surface area contributed by atoms with Gasteiger partial charge in [0.2, 0.25) is 0 Å². The number of esters is 1. The molecule has 1 aromatic carbocycles. The molecule has 5 nitrogen and oxygen atoms in total. The number of anilines is 1. The van der Waals surface area contributed by atoms with Crippen molar-refractivity contribution in [3.05, 3.63) is 59.4 Å². The number of nitrogens with two attached hydrogens (primary N) is 1. The van der Waals surface area contributed by atoms with Crippen LogP contribution in [-0.2, 0) is 22.7 Å². The summed E-state index contributed by atoms with van der Waals surface area (Å²) < 4.78 is 10.2. The van der Waals surface area contributed by atoms with Crippen molar-refractivity contribution in [2.45, 2.75) is 13.2 Å². The molecule has 104 valence electrons. The summed E-state index contributed by atoms with van der Waals surface area (Å²) in [7, 11) is 1.34. The van der Waals surface area contributed by atoms with Crippen LogP contribution in [0.2, 0.25) is 0 Å². The zero-order chi connectivity index (χ0) is 14.4. The highest BCUT2D eigenvalue weighted by Crippen LogP contribution is 2.08. The Bertz CT molecular complexity index is 565. The molecule has 2 N–H and O–H groups in total. The standard InChI is InChI=1S/C15H16N2O3/c1-19-15(18)12-4-7-14(17-8-12)10-20-9-11-2-5-13(16)6-3-11/h2-8H,9-10,16H2,1H3. The number of rotatable bonds is 5. The molecule has 0 aliphatic carbocycles. The third kappa shape index (κ3) is 3.80. The van der Waals surface area contributed by atoms with E-state index < -0.39 is 5.97 Å². The van der Waals surface area contributed by atoms with Gasteiger partial charge >= 0.3 is 5.97 Å². The van der Waals surface area contributed by atoms with Crippen LogP contribution in [0, 0.1) is 0 Å². The largest absolute Gasteiger partial charge is 0.465 e. The summed E-state index contributed by atoms with van der Waals surface area (Å²) in [6, 6.07) is 10.9. The molecule has 0 unspecified atom stereocenters. The molecule has 1 heterocycles. The first kappa shape index (κ1) is 14.0. The van der Waals surface area contributed by atoms with Crippen molar-refractivity contribution in [3.63, 3.8) is 0 Å². The Morgan fingerprint density at radius 2 is 1.90 bits per heavy atom. The maximum Gasteiger partial charge on any atom is 0.339 e. The molecule has 0 atom stereocenters. The van der Waals surface area contributed by atoms with Crippen LogP contribution < -0.4 is 5.73 Å². The van der Waals surface area contributed by atoms with Crippen LogP contribution in [0.3, 0.4) is 0 Å². The number of nitrogen functional groups attached to an aromatic ring is 1. The normalized spacial score (nSPS) is 10.2. The fourth-order valence-electron chi connectivity index (χ4n) is 1.64. The van der Waals surface area contributed by atoms with Gasteiger partial charge in [0, 0.05) is 11.9 Å². The van der Waals surface area contributed by atoms with Gasteiger partial charge in [0.1, 0.15) is 0 Å². The molecular weight excluding hydrogens is 256 g/mol. The van der Waals surface area contributed by atoms with E-state index in [0.717, 1.165) is 16.9 Å². The Hall–Kier alpha value is -2.40. The number of hydrogen-bond donors (Lipinski definition) is 1. The van der Waals surface area contributed by atoms with Crippen molar-refractivity contribution < 1.29 is 14.3 Å². The topological polar surface area (TPSA) is 74.4 Å². The maximum atomic E-state index is 11.2. The van der Waals surface area contributed by atoms with Gasteiger partial charge in [-0.2, -0.15) is 0 Å². The number of hydrogen-bond acceptors (Lipinski definition) is 5. The molecule has 0 aliphatic heterocycles. The van der Waals surface area contributed by atoms with E-state index in [1.165, 1.54) is 13.3 Å². The predicted molar refractivity (Wildman–Crippen MR) is 74.9 cm³/mol. The van der Waals surface area contributed by atoms with Gasteiger partial charge in [0.25, 0.3) is 0 Å². The van der Waals surface area contributed by atoms with Crippen molar-refractivity contribution in [3.8, 4) is 0 Å². The van der Waals surface area contributed by atoms with E-state index in [4.69, 9.17) is 10.5 Å². The molecule has 0 fully saturated rings. The molecule has 0 amide bonds. The molecule has 2 aromatic rings. The van der Waals surface area contributed by atoms with Crippen LogP contribution >= 0.6 is 0 Å². The summed E-state index contributed by atoms with van der Waals surface area (Å²) >= 11 is 0. The Labute approximate surface area is 117 Å². The quantitative estimate of drug-likeness (QED) is 0.667. The lowest BCUT2D eigenvalue weighted by molar-refractivity contribution is 0.0600. The second-order valence-corrected chi connectivity index (χ2v) is 4.26. The van der Waals surface area contributed by atoms with E-state index in [0.29, 0.717) is 18.8 Å². The Morgan fingerprint density at radius 3 is 2.50 bits per heavy atom. The average Bonchev–Trinajstić information content (AvgIpc) is 2.49. The molecule has 0 radical (unpaired) electrons. The van der Waals surface area contributed by atoms with Crippen LogP contribution in [0.4, 0.5) is 5.69 Å². The summed E-state index contributed by atoms with van der Waals surface area (Å²) in [5.41, 5.74) is 8.57. The van der Waals surface area contributed by atoms with Gasteiger partial charge in [-0.3, -0.25) is 4.98 Å². The van der Waals surface area contributed by atoms with E-state index >= 15 is 0 Å². The number of ether oxygens (including phenoxy) is 2. The lowest BCUT2D eigenvalue weighted by Crippen LogP contribution is -2.03. The van der Waals surface area contributed by atoms with Crippen molar-refractivity contribution in [2.24, 2.45) is 0 Å². The number of carbonyl (C=O) groups excluding carboxylic acids is 1. The van der Waals surface area contributed by atoms with Gasteiger partial charge < -0.3 is 15.2 Å². The number of nitrogens with zero attached hydrogens (tertiary/aromatic N) is 1. The SMILES string of the molecule is COC(=O)c1ccc(COCc2ccc(N)cc2)nc1. The Balaban J connectivity index is 1.85. The average molecular weight is 272 g/mol. The van der Waals surface area contributed by atoms with Gasteiger partial charge in [-0.1, -0.05) is 12.1 Å². The van der Waals surface area contributed by atoms with Crippen LogP contribution in [0.15, 0.2) is 42.6 Å². The molecule has 2 rings (SSSR count). The van der Waals surface area contributed by atoms with E-state index in [1.807, 2.05) is 24.3 Å². The first-order chi connectivity index (χ1) is 9.69. The fourth-order valence-corrected chi connectivity index (χ4v) is 1.64. The van der Waals surface area contributed by atoms with Crippen molar-refractivity contribution in [1.29, 1.82) is 0 Å². The molecular formula is C15H16N2O3. The summed E-state index contributed by atoms with van der Waals surface area (Å²) in [4.78, 5) is 15.4. The number of pyridine rings is 1. The maximum absolute atomic E-state index is 11.2. The van der Waals surface area contributed by atoms with E-state index in [-0.39, 0.29) is 0 Å². The summed E-state index contributed by atoms with van der Waals surface area (Å²) in [5, 5.41) is 0. The summed E-state index contributed by atoms with van der Waals surface area (Å²) in [6.45, 7) is 0.868. The third-order valence-electron chi connectivity index (χ3n) is 2.74. The summed E-state index contributed by atoms with van der Waals surface area (Å²) in [5.74, 6) is -0.396. The predicted octanol–water partition coefficient (Wildman–Crippen LogP) is 2.17. The minimum absolute atomic E-state index is 0.381. The molecule has 0 bridgehead atoms. The number of aromatic nitrogens is 1. The van der Waals surface area contributed by atoms with Gasteiger partial charge in [-0.15, -0.1) is 0 Å². The zero-order valence-corrected chi connectivity index (χ0v) is 11.2. The van der Waals surface area contributed by atoms with Crippen LogP contribution in [-0.4, -0.2) is 18.1 Å². The number of methoxy groups -OCH3 is 1. The molecule has 0 saturated heterocycles. The minimum Gasteiger partial charge on any atom is -0.465 e. The van der Waals surface area contributed by atoms with Gasteiger partial charge in [-0.05, 0) is 29.8 Å². The van der Waals surface area contributed by atoms with Crippen LogP contribution in [0.1, 0.15) is 21.6 Å². The molecule has 0 aliphatic rings. The number of benzene rings is 1. The monoisotopic (exact) mass is 272 g/mol. The molecule has 1 aromatic heterocycles. The van der Waals surface area contributed by atoms with Crippen molar-refractivity contribution in [1.82, 2.24) is 4.98 Å². The fraction of sp³-hybridized carbons (Fsp3) is 0.200. The first-order valence-corrected chi connectivity index (χ1v) is 6.14. The summed E-state index contributed by atoms with van der Waals surface area (Å²) in [6.07, 6.45) is 1.48. The van der Waals surface area contributed by atoms with E-state index in [1.54, 1.807) is 12.1 Å². The lowest BCUT2D eigenvalue weighted by Gasteiger charge is -2.05. The molecule has 0 saturated carbocycles. The second-order valence-electron chi connectivity index (χ2n) is 4.26. The van der Waals surface area contributed by atoms with Gasteiger partial charge in [0.15, 0.2) is 0 Å². The zero-order valence-electron chi connectivity index (χ0n) is 11.2. The van der Waals surface area contributed by atoms with Crippen molar-refractivity contribution >= 4 is 11.7 Å². The van der Waals surface area contributed by atoms with Gasteiger partial charge in [-0.25, -0.2) is 4.79 Å². The van der Waals surface area contributed by atoms with Gasteiger partial charge in [0.05, 0.1) is 31.6 Å². The highest BCUT2D eigenvalue weighted by Gasteiger charge is 2.05. The van der Waals surface area contributed by atoms with Crippen LogP contribution in [0.25, 0.3) is 0 Å². The Kier molecular flexibility index (Phi) is 4.68. The van der Waals surface area contributed by atoms with E-state index in [9.17, 15) is 4.79 Å². The smallest absolute Gasteiger partial charge is 0.339 e.